The molecule has 0 aliphatic heterocycles. The Morgan fingerprint density at radius 3 is 1.34 bits per heavy atom. The molecule has 0 saturated heterocycles. The summed E-state index contributed by atoms with van der Waals surface area (Å²) >= 11 is 5.07. The fourth-order valence-electron chi connectivity index (χ4n) is 19.3. The molecule has 0 heterocycles. The predicted octanol–water partition coefficient (Wildman–Crippen LogP) is 14.2. The Morgan fingerprint density at radius 1 is 0.517 bits per heavy atom. The van der Waals surface area contributed by atoms with Gasteiger partial charge >= 0.3 is 0 Å². The van der Waals surface area contributed by atoms with Crippen molar-refractivity contribution in [3.8, 4) is 0 Å². The van der Waals surface area contributed by atoms with Crippen molar-refractivity contribution in [2.24, 2.45) is 110 Å². The molecule has 0 bridgehead atoms. The molecule has 0 spiro atoms. The van der Waals surface area contributed by atoms with Gasteiger partial charge in [-0.3, -0.25) is 0 Å². The first kappa shape index (κ1) is 47.3. The Labute approximate surface area is 386 Å². The van der Waals surface area contributed by atoms with Crippen molar-refractivity contribution in [2.75, 3.05) is 8.86 Å². The third-order valence-electron chi connectivity index (χ3n) is 22.2. The van der Waals surface area contributed by atoms with E-state index in [4.69, 9.17) is 0 Å². The number of fused-ring (bicyclic) bond motifs is 10. The largest absolute Gasteiger partial charge is 0.393 e. The van der Waals surface area contributed by atoms with E-state index in [2.05, 4.69) is 107 Å². The molecule has 8 aliphatic rings. The third-order valence-corrected chi connectivity index (χ3v) is 23.7. The van der Waals surface area contributed by atoms with Crippen molar-refractivity contribution in [1.29, 1.82) is 0 Å². The van der Waals surface area contributed by atoms with Crippen LogP contribution in [-0.4, -0.2) is 42.5 Å². The number of hydrogen-bond acceptors (Lipinski definition) is 3. The average molecular weight is 1030 g/mol. The van der Waals surface area contributed by atoms with Crippen LogP contribution < -0.4 is 0 Å². The van der Waals surface area contributed by atoms with E-state index < -0.39 is 0 Å². The maximum Gasteiger partial charge on any atom is 0.0605 e. The predicted molar refractivity (Wildman–Crippen MR) is 261 cm³/mol. The van der Waals surface area contributed by atoms with Crippen molar-refractivity contribution in [3.05, 3.63) is 0 Å². The molecule has 0 aromatic rings. The van der Waals surface area contributed by atoms with Crippen molar-refractivity contribution in [1.82, 2.24) is 0 Å². The van der Waals surface area contributed by atoms with Gasteiger partial charge in [0.05, 0.1) is 18.3 Å². The van der Waals surface area contributed by atoms with Crippen LogP contribution >= 0.6 is 45.2 Å². The first-order valence-corrected chi connectivity index (χ1v) is 28.8. The number of aliphatic hydroxyl groups is 3. The van der Waals surface area contributed by atoms with Crippen LogP contribution in [-0.2, 0) is 0 Å². The maximum absolute atomic E-state index is 11.8. The summed E-state index contributed by atoms with van der Waals surface area (Å²) in [6, 6.07) is 0. The summed E-state index contributed by atoms with van der Waals surface area (Å²) in [5.41, 5.74) is 1.73. The summed E-state index contributed by atoms with van der Waals surface area (Å²) in [6.07, 6.45) is 25.7. The highest BCUT2D eigenvalue weighted by Crippen LogP contribution is 2.71. The number of halogens is 2. The highest BCUT2D eigenvalue weighted by molar-refractivity contribution is 14.1. The molecule has 0 radical (unpaired) electrons. The minimum Gasteiger partial charge on any atom is -0.393 e. The van der Waals surface area contributed by atoms with Gasteiger partial charge in [0.25, 0.3) is 0 Å². The van der Waals surface area contributed by atoms with E-state index >= 15 is 0 Å². The summed E-state index contributed by atoms with van der Waals surface area (Å²) in [7, 11) is 0. The molecule has 0 aromatic carbocycles. The van der Waals surface area contributed by atoms with Gasteiger partial charge in [-0.25, -0.2) is 0 Å². The Hall–Kier alpha value is 1.34. The summed E-state index contributed by atoms with van der Waals surface area (Å²) in [5.74, 6) is 10.5. The molecule has 336 valence electrons. The molecule has 8 saturated carbocycles. The minimum atomic E-state index is -0.151. The average Bonchev–Trinajstić information content (AvgIpc) is 3.74. The number of rotatable bonds is 10. The Balaban J connectivity index is 0.000000177. The van der Waals surface area contributed by atoms with Crippen LogP contribution in [0.4, 0.5) is 0 Å². The molecule has 22 atom stereocenters. The highest BCUT2D eigenvalue weighted by Gasteiger charge is 2.66. The van der Waals surface area contributed by atoms with Crippen molar-refractivity contribution >= 4 is 45.2 Å². The normalized spacial score (nSPS) is 53.1. The lowest BCUT2D eigenvalue weighted by molar-refractivity contribution is -0.203. The van der Waals surface area contributed by atoms with Crippen molar-refractivity contribution in [2.45, 2.75) is 209 Å². The van der Waals surface area contributed by atoms with Gasteiger partial charge in [0, 0.05) is 0 Å². The van der Waals surface area contributed by atoms with E-state index in [1.165, 1.54) is 118 Å². The third kappa shape index (κ3) is 7.95. The smallest absolute Gasteiger partial charge is 0.0605 e. The van der Waals surface area contributed by atoms with Crippen molar-refractivity contribution < 1.29 is 15.3 Å². The molecule has 8 rings (SSSR count). The standard InChI is InChI=1S/C27H47IO.C26H45IO2/c1-6-19-23-16-17(2)11-13-27(23,5)22-12-14-26(4)20(18(3)8-7-15-28)9-10-21(26)24(22)25(19)29;1-5-18-22-15-17(28)10-12-26(22,4)21-11-13-25(3)19(16(2)7-6-14-27)8-9-20(25)23(21)24(18)29/h17-25,29H,6-16H2,1-5H3;16-24,28-29H,5-15H2,1-4H3/t17-,18-,19-,20-,21+,22+,23+,24+,25-,26-,27-;16-,17-,18-,19-,20+,21+,22+,23+,24-,25-,26-/m11/s1. The molecule has 0 amide bonds. The fraction of sp³-hybridized carbons (Fsp3) is 1.00. The molecular weight excluding hydrogens is 938 g/mol. The van der Waals surface area contributed by atoms with Crippen LogP contribution in [0.25, 0.3) is 0 Å². The Kier molecular flexibility index (Phi) is 15.2. The SMILES string of the molecule is CC[C@H]1[C@@H](O)[C@@H]2[C@H](CC[C@]3(C)[C@@H]([C@H](C)CCCI)CC[C@@H]23)[C@@]2(C)CC[C@@H](C)C[C@@H]12.CC[C@H]1[C@@H](O)[C@@H]2[C@H](CC[C@]3(C)[C@@H]([C@H](C)CCCI)CC[C@@H]23)[C@@]2(C)CC[C@@H](O)C[C@@H]12. The van der Waals surface area contributed by atoms with Gasteiger partial charge in [-0.2, -0.15) is 0 Å². The van der Waals surface area contributed by atoms with Gasteiger partial charge < -0.3 is 15.3 Å². The summed E-state index contributed by atoms with van der Waals surface area (Å²) in [5, 5.41) is 34.0. The lowest BCUT2D eigenvalue weighted by Gasteiger charge is -2.65. The number of alkyl halides is 2. The van der Waals surface area contributed by atoms with E-state index in [1.807, 2.05) is 0 Å². The zero-order valence-corrected chi connectivity index (χ0v) is 43.4. The second-order valence-electron chi connectivity index (χ2n) is 24.3. The van der Waals surface area contributed by atoms with Gasteiger partial charge in [-0.1, -0.05) is 127 Å². The molecular formula is C53H92I2O3. The monoisotopic (exact) mass is 1030 g/mol. The Morgan fingerprint density at radius 2 is 0.914 bits per heavy atom. The molecule has 3 N–H and O–H groups in total. The maximum atomic E-state index is 11.8. The molecule has 0 unspecified atom stereocenters. The van der Waals surface area contributed by atoms with E-state index in [0.29, 0.717) is 63.1 Å². The van der Waals surface area contributed by atoms with Gasteiger partial charge in [-0.15, -0.1) is 0 Å². The van der Waals surface area contributed by atoms with E-state index in [0.717, 1.165) is 66.6 Å². The zero-order valence-electron chi connectivity index (χ0n) is 39.0. The van der Waals surface area contributed by atoms with Gasteiger partial charge in [0.15, 0.2) is 0 Å². The number of hydrogen-bond donors (Lipinski definition) is 3. The van der Waals surface area contributed by atoms with Gasteiger partial charge in [-0.05, 0) is 228 Å². The van der Waals surface area contributed by atoms with E-state index in [-0.39, 0.29) is 18.3 Å². The zero-order chi connectivity index (χ0) is 41.9. The van der Waals surface area contributed by atoms with Crippen molar-refractivity contribution in [3.63, 3.8) is 0 Å². The van der Waals surface area contributed by atoms with Crippen LogP contribution in [0, 0.1) is 110 Å². The molecule has 8 aliphatic carbocycles. The quantitative estimate of drug-likeness (QED) is 0.151. The molecule has 58 heavy (non-hydrogen) atoms. The lowest BCUT2D eigenvalue weighted by atomic mass is 9.41. The molecule has 8 fully saturated rings. The van der Waals surface area contributed by atoms with E-state index in [9.17, 15) is 15.3 Å². The van der Waals surface area contributed by atoms with E-state index in [1.54, 1.807) is 0 Å². The van der Waals surface area contributed by atoms with Crippen LogP contribution in [0.2, 0.25) is 0 Å². The molecule has 5 heteroatoms. The summed E-state index contributed by atoms with van der Waals surface area (Å²) in [4.78, 5) is 0. The Bertz CT molecular complexity index is 1260. The number of aliphatic hydroxyl groups excluding tert-OH is 3. The lowest BCUT2D eigenvalue weighted by Crippen LogP contribution is -2.62. The van der Waals surface area contributed by atoms with Crippen LogP contribution in [0.5, 0.6) is 0 Å². The van der Waals surface area contributed by atoms with Crippen LogP contribution in [0.3, 0.4) is 0 Å². The van der Waals surface area contributed by atoms with Gasteiger partial charge in [0.2, 0.25) is 0 Å². The molecule has 3 nitrogen and oxygen atoms in total. The minimum absolute atomic E-state index is 0.0404. The second kappa shape index (κ2) is 18.7. The highest BCUT2D eigenvalue weighted by atomic mass is 127. The summed E-state index contributed by atoms with van der Waals surface area (Å²) < 4.78 is 2.58. The second-order valence-corrected chi connectivity index (χ2v) is 26.5. The molecule has 0 aromatic heterocycles. The van der Waals surface area contributed by atoms with Crippen LogP contribution in [0.15, 0.2) is 0 Å². The van der Waals surface area contributed by atoms with Crippen LogP contribution in [0.1, 0.15) is 191 Å². The first-order valence-electron chi connectivity index (χ1n) is 25.7. The summed E-state index contributed by atoms with van der Waals surface area (Å²) in [6.45, 7) is 22.6. The first-order chi connectivity index (χ1) is 27.5. The fourth-order valence-corrected chi connectivity index (χ4v) is 20.2. The topological polar surface area (TPSA) is 60.7 Å². The van der Waals surface area contributed by atoms with Gasteiger partial charge in [0.1, 0.15) is 0 Å².